The summed E-state index contributed by atoms with van der Waals surface area (Å²) < 4.78 is 1.91. The zero-order valence-electron chi connectivity index (χ0n) is 14.3. The lowest BCUT2D eigenvalue weighted by Crippen LogP contribution is -2.38. The number of nitrogens with zero attached hydrogens (tertiary/aromatic N) is 2. The third-order valence-electron chi connectivity index (χ3n) is 3.70. The van der Waals surface area contributed by atoms with Gasteiger partial charge in [0.05, 0.1) is 18.8 Å². The first kappa shape index (κ1) is 17.7. The SMILES string of the molecule is CC(=O)N[C@H](CC(=O)N[C@@H](C)Cn1ccnc1)c1ccc(C)cc1. The molecule has 2 N–H and O–H groups in total. The van der Waals surface area contributed by atoms with Gasteiger partial charge in [-0.15, -0.1) is 0 Å². The number of aromatic nitrogens is 2. The number of benzene rings is 1. The highest BCUT2D eigenvalue weighted by Crippen LogP contribution is 2.17. The van der Waals surface area contributed by atoms with Crippen LogP contribution in [0, 0.1) is 6.92 Å². The van der Waals surface area contributed by atoms with Crippen LogP contribution in [-0.2, 0) is 16.1 Å². The van der Waals surface area contributed by atoms with Gasteiger partial charge in [0.2, 0.25) is 11.8 Å². The average molecular weight is 328 g/mol. The molecule has 0 fully saturated rings. The molecule has 0 saturated carbocycles. The van der Waals surface area contributed by atoms with E-state index < -0.39 is 0 Å². The quantitative estimate of drug-likeness (QED) is 0.816. The van der Waals surface area contributed by atoms with E-state index in [2.05, 4.69) is 15.6 Å². The van der Waals surface area contributed by atoms with Crippen molar-refractivity contribution in [2.75, 3.05) is 0 Å². The number of imidazole rings is 1. The Bertz CT molecular complexity index is 665. The second-order valence-electron chi connectivity index (χ2n) is 6.10. The van der Waals surface area contributed by atoms with Gasteiger partial charge in [0.1, 0.15) is 0 Å². The van der Waals surface area contributed by atoms with Crippen LogP contribution in [0.4, 0.5) is 0 Å². The molecule has 0 unspecified atom stereocenters. The fourth-order valence-electron chi connectivity index (χ4n) is 2.57. The lowest BCUT2D eigenvalue weighted by Gasteiger charge is -2.20. The Labute approximate surface area is 142 Å². The highest BCUT2D eigenvalue weighted by Gasteiger charge is 2.18. The summed E-state index contributed by atoms with van der Waals surface area (Å²) in [7, 11) is 0. The number of nitrogens with one attached hydrogen (secondary N) is 2. The average Bonchev–Trinajstić information content (AvgIpc) is 2.99. The molecule has 0 aliphatic heterocycles. The molecule has 24 heavy (non-hydrogen) atoms. The highest BCUT2D eigenvalue weighted by molar-refractivity contribution is 5.79. The molecule has 0 saturated heterocycles. The molecular weight excluding hydrogens is 304 g/mol. The van der Waals surface area contributed by atoms with Crippen molar-refractivity contribution in [3.05, 3.63) is 54.1 Å². The van der Waals surface area contributed by atoms with E-state index in [0.29, 0.717) is 6.54 Å². The first-order valence-corrected chi connectivity index (χ1v) is 8.03. The summed E-state index contributed by atoms with van der Waals surface area (Å²) in [5.41, 5.74) is 2.06. The lowest BCUT2D eigenvalue weighted by molar-refractivity contribution is -0.123. The van der Waals surface area contributed by atoms with Crippen LogP contribution in [0.25, 0.3) is 0 Å². The second-order valence-corrected chi connectivity index (χ2v) is 6.10. The van der Waals surface area contributed by atoms with Crippen LogP contribution in [0.2, 0.25) is 0 Å². The van der Waals surface area contributed by atoms with Crippen molar-refractivity contribution < 1.29 is 9.59 Å². The van der Waals surface area contributed by atoms with E-state index in [0.717, 1.165) is 11.1 Å². The minimum Gasteiger partial charge on any atom is -0.352 e. The van der Waals surface area contributed by atoms with Crippen molar-refractivity contribution in [2.24, 2.45) is 0 Å². The van der Waals surface area contributed by atoms with E-state index in [1.807, 2.05) is 48.9 Å². The maximum atomic E-state index is 12.3. The standard InChI is InChI=1S/C18H24N4O2/c1-13-4-6-16(7-5-13)17(21-15(3)23)10-18(24)20-14(2)11-22-9-8-19-12-22/h4-9,12,14,17H,10-11H2,1-3H3,(H,20,24)(H,21,23)/t14-,17+/m0/s1. The van der Waals surface area contributed by atoms with Crippen LogP contribution in [0.3, 0.4) is 0 Å². The summed E-state index contributed by atoms with van der Waals surface area (Å²) in [6.45, 7) is 6.06. The zero-order valence-corrected chi connectivity index (χ0v) is 14.3. The molecule has 0 radical (unpaired) electrons. The molecule has 1 aromatic heterocycles. The monoisotopic (exact) mass is 328 g/mol. The Hall–Kier alpha value is -2.63. The normalized spacial score (nSPS) is 13.1. The van der Waals surface area contributed by atoms with Crippen molar-refractivity contribution in [1.29, 1.82) is 0 Å². The molecular formula is C18H24N4O2. The predicted molar refractivity (Wildman–Crippen MR) is 92.2 cm³/mol. The maximum absolute atomic E-state index is 12.3. The third-order valence-corrected chi connectivity index (χ3v) is 3.70. The Morgan fingerprint density at radius 3 is 2.50 bits per heavy atom. The molecule has 2 atom stereocenters. The van der Waals surface area contributed by atoms with Crippen LogP contribution in [0.1, 0.15) is 37.4 Å². The van der Waals surface area contributed by atoms with Gasteiger partial charge in [-0.1, -0.05) is 29.8 Å². The Morgan fingerprint density at radius 2 is 1.92 bits per heavy atom. The molecule has 1 heterocycles. The number of aryl methyl sites for hydroxylation is 1. The fourth-order valence-corrected chi connectivity index (χ4v) is 2.57. The molecule has 0 bridgehead atoms. The lowest BCUT2D eigenvalue weighted by atomic mass is 10.0. The van der Waals surface area contributed by atoms with Crippen LogP contribution in [0.5, 0.6) is 0 Å². The molecule has 6 heteroatoms. The van der Waals surface area contributed by atoms with Crippen molar-refractivity contribution >= 4 is 11.8 Å². The zero-order chi connectivity index (χ0) is 17.5. The minimum absolute atomic E-state index is 0.0253. The molecule has 6 nitrogen and oxygen atoms in total. The number of hydrogen-bond acceptors (Lipinski definition) is 3. The van der Waals surface area contributed by atoms with Gasteiger partial charge in [0, 0.05) is 31.9 Å². The summed E-state index contributed by atoms with van der Waals surface area (Å²) in [4.78, 5) is 27.8. The molecule has 0 aliphatic carbocycles. The van der Waals surface area contributed by atoms with Crippen molar-refractivity contribution in [2.45, 2.75) is 45.8 Å². The first-order chi connectivity index (χ1) is 11.4. The van der Waals surface area contributed by atoms with Gasteiger partial charge in [-0.25, -0.2) is 4.98 Å². The van der Waals surface area contributed by atoms with Gasteiger partial charge in [0.25, 0.3) is 0 Å². The highest BCUT2D eigenvalue weighted by atomic mass is 16.2. The van der Waals surface area contributed by atoms with Gasteiger partial charge >= 0.3 is 0 Å². The molecule has 0 spiro atoms. The fraction of sp³-hybridized carbons (Fsp3) is 0.389. The Balaban J connectivity index is 1.96. The Morgan fingerprint density at radius 1 is 1.21 bits per heavy atom. The van der Waals surface area contributed by atoms with Crippen LogP contribution in [-0.4, -0.2) is 27.4 Å². The number of hydrogen-bond donors (Lipinski definition) is 2. The van der Waals surface area contributed by atoms with Crippen LogP contribution in [0.15, 0.2) is 43.0 Å². The van der Waals surface area contributed by atoms with Gasteiger partial charge in [0.15, 0.2) is 0 Å². The summed E-state index contributed by atoms with van der Waals surface area (Å²) >= 11 is 0. The number of carbonyl (C=O) groups excluding carboxylic acids is 2. The predicted octanol–water partition coefficient (Wildman–Crippen LogP) is 1.96. The Kier molecular flexibility index (Phi) is 6.12. The van der Waals surface area contributed by atoms with E-state index in [1.54, 1.807) is 12.5 Å². The van der Waals surface area contributed by atoms with Crippen molar-refractivity contribution in [1.82, 2.24) is 20.2 Å². The third kappa shape index (κ3) is 5.53. The van der Waals surface area contributed by atoms with E-state index in [4.69, 9.17) is 0 Å². The molecule has 2 amide bonds. The summed E-state index contributed by atoms with van der Waals surface area (Å²) in [5.74, 6) is -0.248. The topological polar surface area (TPSA) is 76.0 Å². The van der Waals surface area contributed by atoms with E-state index in [-0.39, 0.29) is 30.3 Å². The van der Waals surface area contributed by atoms with Crippen LogP contribution < -0.4 is 10.6 Å². The summed E-state index contributed by atoms with van der Waals surface area (Å²) in [6.07, 6.45) is 5.49. The number of carbonyl (C=O) groups is 2. The molecule has 2 aromatic rings. The summed E-state index contributed by atoms with van der Waals surface area (Å²) in [6, 6.07) is 7.48. The summed E-state index contributed by atoms with van der Waals surface area (Å²) in [5, 5.41) is 5.81. The van der Waals surface area contributed by atoms with E-state index in [9.17, 15) is 9.59 Å². The van der Waals surface area contributed by atoms with Gasteiger partial charge in [-0.05, 0) is 19.4 Å². The smallest absolute Gasteiger partial charge is 0.222 e. The molecule has 128 valence electrons. The molecule has 0 aliphatic rings. The minimum atomic E-state index is -0.330. The van der Waals surface area contributed by atoms with E-state index in [1.165, 1.54) is 6.92 Å². The largest absolute Gasteiger partial charge is 0.352 e. The first-order valence-electron chi connectivity index (χ1n) is 8.03. The second kappa shape index (κ2) is 8.29. The van der Waals surface area contributed by atoms with Gasteiger partial charge in [-0.2, -0.15) is 0 Å². The van der Waals surface area contributed by atoms with Gasteiger partial charge < -0.3 is 15.2 Å². The maximum Gasteiger partial charge on any atom is 0.222 e. The van der Waals surface area contributed by atoms with Crippen molar-refractivity contribution in [3.8, 4) is 0 Å². The number of rotatable bonds is 7. The molecule has 1 aromatic carbocycles. The van der Waals surface area contributed by atoms with Crippen LogP contribution >= 0.6 is 0 Å². The number of amides is 2. The van der Waals surface area contributed by atoms with Gasteiger partial charge in [-0.3, -0.25) is 9.59 Å². The molecule has 2 rings (SSSR count). The van der Waals surface area contributed by atoms with E-state index >= 15 is 0 Å². The van der Waals surface area contributed by atoms with Crippen molar-refractivity contribution in [3.63, 3.8) is 0 Å².